The van der Waals surface area contributed by atoms with E-state index < -0.39 is 0 Å². The topological polar surface area (TPSA) is 29.4 Å². The van der Waals surface area contributed by atoms with Crippen molar-refractivity contribution in [2.24, 2.45) is 5.18 Å². The van der Waals surface area contributed by atoms with Crippen molar-refractivity contribution in [3.8, 4) is 0 Å². The van der Waals surface area contributed by atoms with E-state index in [-0.39, 0.29) is 5.41 Å². The SMILES string of the molecule is Cc1cc(C(C)(C)C)c(N=O)c(C)c1S. The summed E-state index contributed by atoms with van der Waals surface area (Å²) in [7, 11) is 0. The quantitative estimate of drug-likeness (QED) is 0.558. The van der Waals surface area contributed by atoms with E-state index in [1.54, 1.807) is 0 Å². The number of nitroso groups, excluding NO2 is 1. The smallest absolute Gasteiger partial charge is 0.115 e. The van der Waals surface area contributed by atoms with Crippen LogP contribution in [0.2, 0.25) is 0 Å². The van der Waals surface area contributed by atoms with Crippen molar-refractivity contribution >= 4 is 18.3 Å². The summed E-state index contributed by atoms with van der Waals surface area (Å²) in [5, 5.41) is 3.14. The Morgan fingerprint density at radius 3 is 2.20 bits per heavy atom. The molecule has 0 unspecified atom stereocenters. The molecule has 0 aliphatic carbocycles. The Morgan fingerprint density at radius 2 is 1.80 bits per heavy atom. The fourth-order valence-electron chi connectivity index (χ4n) is 1.65. The molecule has 0 amide bonds. The van der Waals surface area contributed by atoms with Crippen LogP contribution in [0.4, 0.5) is 5.69 Å². The van der Waals surface area contributed by atoms with E-state index in [1.165, 1.54) is 0 Å². The average molecular weight is 223 g/mol. The predicted octanol–water partition coefficient (Wildman–Crippen LogP) is 4.29. The summed E-state index contributed by atoms with van der Waals surface area (Å²) in [6.45, 7) is 10.1. The minimum atomic E-state index is -0.0692. The summed E-state index contributed by atoms with van der Waals surface area (Å²) in [5.41, 5.74) is 3.43. The molecule has 0 aliphatic heterocycles. The molecule has 0 atom stereocenters. The predicted molar refractivity (Wildman–Crippen MR) is 67.3 cm³/mol. The first-order valence-corrected chi connectivity index (χ1v) is 5.40. The van der Waals surface area contributed by atoms with E-state index in [4.69, 9.17) is 0 Å². The molecule has 0 spiro atoms. The van der Waals surface area contributed by atoms with Crippen LogP contribution in [0.1, 0.15) is 37.5 Å². The van der Waals surface area contributed by atoms with E-state index in [2.05, 4.69) is 38.6 Å². The van der Waals surface area contributed by atoms with Gasteiger partial charge in [-0.05, 0) is 41.1 Å². The van der Waals surface area contributed by atoms with Gasteiger partial charge in [0, 0.05) is 4.90 Å². The van der Waals surface area contributed by atoms with E-state index in [9.17, 15) is 4.91 Å². The standard InChI is InChI=1S/C12H17NOS/c1-7-6-9(12(3,4)5)10(13-14)8(2)11(7)15/h6,15H,1-5H3. The zero-order valence-electron chi connectivity index (χ0n) is 9.88. The highest BCUT2D eigenvalue weighted by molar-refractivity contribution is 7.80. The first-order chi connectivity index (χ1) is 6.79. The number of aryl methyl sites for hydroxylation is 1. The van der Waals surface area contributed by atoms with Crippen molar-refractivity contribution in [3.05, 3.63) is 27.7 Å². The highest BCUT2D eigenvalue weighted by Crippen LogP contribution is 2.38. The van der Waals surface area contributed by atoms with Gasteiger partial charge in [0.25, 0.3) is 0 Å². The lowest BCUT2D eigenvalue weighted by Gasteiger charge is -2.23. The lowest BCUT2D eigenvalue weighted by molar-refractivity contribution is 0.589. The highest BCUT2D eigenvalue weighted by Gasteiger charge is 2.22. The lowest BCUT2D eigenvalue weighted by Crippen LogP contribution is -2.12. The van der Waals surface area contributed by atoms with Gasteiger partial charge < -0.3 is 0 Å². The molecule has 0 fully saturated rings. The fraction of sp³-hybridized carbons (Fsp3) is 0.500. The zero-order valence-corrected chi connectivity index (χ0v) is 10.8. The third kappa shape index (κ3) is 2.23. The van der Waals surface area contributed by atoms with Crippen LogP contribution < -0.4 is 0 Å². The molecular formula is C12H17NOS. The Bertz CT molecular complexity index is 405. The summed E-state index contributed by atoms with van der Waals surface area (Å²) in [4.78, 5) is 11.7. The van der Waals surface area contributed by atoms with Crippen LogP contribution in [0.25, 0.3) is 0 Å². The van der Waals surface area contributed by atoms with Crippen LogP contribution in [-0.4, -0.2) is 0 Å². The Morgan fingerprint density at radius 1 is 1.27 bits per heavy atom. The number of hydrogen-bond acceptors (Lipinski definition) is 3. The molecule has 0 radical (unpaired) electrons. The third-order valence-electron chi connectivity index (χ3n) is 2.60. The van der Waals surface area contributed by atoms with Crippen LogP contribution >= 0.6 is 12.6 Å². The molecule has 0 saturated heterocycles. The molecular weight excluding hydrogens is 206 g/mol. The molecule has 2 nitrogen and oxygen atoms in total. The lowest BCUT2D eigenvalue weighted by atomic mass is 9.83. The van der Waals surface area contributed by atoms with Gasteiger partial charge in [0.05, 0.1) is 0 Å². The maximum absolute atomic E-state index is 10.9. The maximum atomic E-state index is 10.9. The Labute approximate surface area is 96.5 Å². The first kappa shape index (κ1) is 12.2. The summed E-state index contributed by atoms with van der Waals surface area (Å²) in [6.07, 6.45) is 0. The van der Waals surface area contributed by atoms with E-state index in [0.717, 1.165) is 21.6 Å². The second kappa shape index (κ2) is 3.97. The minimum absolute atomic E-state index is 0.0692. The molecule has 0 saturated carbocycles. The number of nitrogens with zero attached hydrogens (tertiary/aromatic N) is 1. The van der Waals surface area contributed by atoms with Crippen molar-refractivity contribution < 1.29 is 0 Å². The van der Waals surface area contributed by atoms with Gasteiger partial charge in [-0.15, -0.1) is 17.5 Å². The van der Waals surface area contributed by atoms with Gasteiger partial charge in [-0.1, -0.05) is 26.8 Å². The van der Waals surface area contributed by atoms with Crippen LogP contribution in [-0.2, 0) is 5.41 Å². The average Bonchev–Trinajstić information content (AvgIpc) is 2.12. The second-order valence-electron chi connectivity index (χ2n) is 4.90. The minimum Gasteiger partial charge on any atom is -0.145 e. The van der Waals surface area contributed by atoms with Gasteiger partial charge in [0.1, 0.15) is 5.69 Å². The number of benzene rings is 1. The maximum Gasteiger partial charge on any atom is 0.115 e. The highest BCUT2D eigenvalue weighted by atomic mass is 32.1. The Kier molecular flexibility index (Phi) is 3.24. The molecule has 1 aromatic rings. The number of hydrogen-bond donors (Lipinski definition) is 1. The monoisotopic (exact) mass is 223 g/mol. The normalized spacial score (nSPS) is 11.6. The van der Waals surface area contributed by atoms with Gasteiger partial charge in [0.15, 0.2) is 0 Å². The Balaban J connectivity index is 3.60. The molecule has 15 heavy (non-hydrogen) atoms. The first-order valence-electron chi connectivity index (χ1n) is 4.96. The fourth-order valence-corrected chi connectivity index (χ4v) is 1.82. The molecule has 0 bridgehead atoms. The Hall–Kier alpha value is -0.830. The van der Waals surface area contributed by atoms with Crippen LogP contribution in [0.5, 0.6) is 0 Å². The molecule has 82 valence electrons. The van der Waals surface area contributed by atoms with Gasteiger partial charge in [-0.25, -0.2) is 0 Å². The van der Waals surface area contributed by atoms with Crippen molar-refractivity contribution in [2.45, 2.75) is 44.9 Å². The molecule has 0 N–H and O–H groups in total. The van der Waals surface area contributed by atoms with E-state index in [1.807, 2.05) is 19.9 Å². The number of thiol groups is 1. The largest absolute Gasteiger partial charge is 0.145 e. The van der Waals surface area contributed by atoms with Crippen molar-refractivity contribution in [2.75, 3.05) is 0 Å². The summed E-state index contributed by atoms with van der Waals surface area (Å²) in [5.74, 6) is 0. The summed E-state index contributed by atoms with van der Waals surface area (Å²) < 4.78 is 0. The van der Waals surface area contributed by atoms with Crippen LogP contribution in [0.3, 0.4) is 0 Å². The molecule has 0 heterocycles. The number of rotatable bonds is 1. The molecule has 0 aromatic heterocycles. The zero-order chi connectivity index (χ0) is 11.8. The van der Waals surface area contributed by atoms with E-state index in [0.29, 0.717) is 5.69 Å². The van der Waals surface area contributed by atoms with Crippen molar-refractivity contribution in [1.82, 2.24) is 0 Å². The van der Waals surface area contributed by atoms with Gasteiger partial charge >= 0.3 is 0 Å². The summed E-state index contributed by atoms with van der Waals surface area (Å²) in [6, 6.07) is 2.01. The van der Waals surface area contributed by atoms with Crippen molar-refractivity contribution in [3.63, 3.8) is 0 Å². The van der Waals surface area contributed by atoms with Crippen LogP contribution in [0.15, 0.2) is 16.1 Å². The van der Waals surface area contributed by atoms with E-state index >= 15 is 0 Å². The van der Waals surface area contributed by atoms with Gasteiger partial charge in [0.2, 0.25) is 0 Å². The van der Waals surface area contributed by atoms with Crippen LogP contribution in [0, 0.1) is 18.8 Å². The molecule has 3 heteroatoms. The molecule has 1 aromatic carbocycles. The summed E-state index contributed by atoms with van der Waals surface area (Å²) >= 11 is 4.38. The van der Waals surface area contributed by atoms with Crippen molar-refractivity contribution in [1.29, 1.82) is 0 Å². The van der Waals surface area contributed by atoms with Gasteiger partial charge in [-0.2, -0.15) is 0 Å². The second-order valence-corrected chi connectivity index (χ2v) is 5.35. The molecule has 0 aliphatic rings. The molecule has 1 rings (SSSR count). The third-order valence-corrected chi connectivity index (χ3v) is 3.29. The van der Waals surface area contributed by atoms with Gasteiger partial charge in [-0.3, -0.25) is 0 Å².